The van der Waals surface area contributed by atoms with Crippen LogP contribution in [-0.4, -0.2) is 66.9 Å². The Hall–Kier alpha value is -4.15. The molecule has 2 aromatic rings. The normalized spacial score (nSPS) is 16.0. The van der Waals surface area contributed by atoms with Crippen LogP contribution in [0.25, 0.3) is 5.57 Å². The van der Waals surface area contributed by atoms with Gasteiger partial charge in [0.25, 0.3) is 5.91 Å². The van der Waals surface area contributed by atoms with Gasteiger partial charge >= 0.3 is 0 Å². The predicted octanol–water partition coefficient (Wildman–Crippen LogP) is 2.52. The van der Waals surface area contributed by atoms with E-state index in [0.29, 0.717) is 68.2 Å². The molecule has 0 aliphatic carbocycles. The van der Waals surface area contributed by atoms with E-state index in [9.17, 15) is 13.6 Å². The minimum absolute atomic E-state index is 0.00278. The second-order valence-electron chi connectivity index (χ2n) is 8.94. The van der Waals surface area contributed by atoms with Gasteiger partial charge in [0.2, 0.25) is 0 Å². The Morgan fingerprint density at radius 3 is 2.22 bits per heavy atom. The van der Waals surface area contributed by atoms with Crippen LogP contribution in [0.2, 0.25) is 0 Å². The summed E-state index contributed by atoms with van der Waals surface area (Å²) >= 11 is 0. The fraction of sp³-hybridized carbons (Fsp3) is 0.320. The maximum atomic E-state index is 15.0. The Morgan fingerprint density at radius 2 is 1.64 bits per heavy atom. The number of halogens is 2. The van der Waals surface area contributed by atoms with E-state index in [1.54, 1.807) is 34.9 Å². The van der Waals surface area contributed by atoms with Crippen LogP contribution < -0.4 is 21.7 Å². The molecule has 190 valence electrons. The Bertz CT molecular complexity index is 1240. The van der Waals surface area contributed by atoms with E-state index >= 15 is 0 Å². The lowest BCUT2D eigenvalue weighted by Crippen LogP contribution is -2.51. The quantitative estimate of drug-likeness (QED) is 0.326. The Kier molecular flexibility index (Phi) is 7.09. The topological polar surface area (TPSA) is 139 Å². The predicted molar refractivity (Wildman–Crippen MR) is 137 cm³/mol. The molecule has 0 bridgehead atoms. The summed E-state index contributed by atoms with van der Waals surface area (Å²) in [6.45, 7) is 4.80. The Balaban J connectivity index is 1.45. The van der Waals surface area contributed by atoms with Crippen molar-refractivity contribution in [2.45, 2.75) is 13.3 Å². The van der Waals surface area contributed by atoms with Crippen molar-refractivity contribution in [1.82, 2.24) is 9.80 Å². The molecule has 9 nitrogen and oxygen atoms in total. The molecule has 1 fully saturated rings. The monoisotopic (exact) mass is 496 g/mol. The first-order chi connectivity index (χ1) is 17.1. The largest absolute Gasteiger partial charge is 0.370 e. The highest BCUT2D eigenvalue weighted by atomic mass is 19.1. The lowest BCUT2D eigenvalue weighted by Gasteiger charge is -2.36. The standard InChI is InChI=1S/C25H30F2N8O/c1-15-12-18(16-4-6-34(7-5-16)24(28)29)19(26)14-21(15)32-23(36)17-2-3-22(20(27)13-17)33-8-10-35(11-9-33)25(30)31/h2-4,12-14H,5-11H2,1H3,(H3,28,29)(H3,30,31)(H,32,36). The van der Waals surface area contributed by atoms with Crippen molar-refractivity contribution in [2.75, 3.05) is 49.5 Å². The number of benzene rings is 2. The van der Waals surface area contributed by atoms with Crippen LogP contribution in [-0.2, 0) is 0 Å². The van der Waals surface area contributed by atoms with E-state index in [1.807, 2.05) is 11.0 Å². The summed E-state index contributed by atoms with van der Waals surface area (Å²) < 4.78 is 29.8. The second-order valence-corrected chi connectivity index (χ2v) is 8.94. The van der Waals surface area contributed by atoms with Crippen LogP contribution in [0.4, 0.5) is 20.2 Å². The average molecular weight is 497 g/mol. The molecule has 2 aliphatic rings. The highest BCUT2D eigenvalue weighted by Crippen LogP contribution is 2.30. The molecule has 0 spiro atoms. The number of nitrogens with two attached hydrogens (primary N) is 2. The highest BCUT2D eigenvalue weighted by Gasteiger charge is 2.22. The van der Waals surface area contributed by atoms with Gasteiger partial charge in [0.1, 0.15) is 11.6 Å². The van der Waals surface area contributed by atoms with Crippen LogP contribution in [0.1, 0.15) is 27.9 Å². The van der Waals surface area contributed by atoms with Crippen molar-refractivity contribution in [1.29, 1.82) is 10.8 Å². The zero-order chi connectivity index (χ0) is 26.0. The van der Waals surface area contributed by atoms with E-state index in [1.165, 1.54) is 12.1 Å². The van der Waals surface area contributed by atoms with E-state index in [0.717, 1.165) is 5.57 Å². The zero-order valence-electron chi connectivity index (χ0n) is 20.1. The second kappa shape index (κ2) is 10.2. The van der Waals surface area contributed by atoms with Gasteiger partial charge in [0, 0.05) is 56.1 Å². The van der Waals surface area contributed by atoms with Crippen LogP contribution >= 0.6 is 0 Å². The van der Waals surface area contributed by atoms with Crippen LogP contribution in [0.15, 0.2) is 36.4 Å². The number of anilines is 2. The van der Waals surface area contributed by atoms with Crippen molar-refractivity contribution >= 4 is 34.8 Å². The van der Waals surface area contributed by atoms with Gasteiger partial charge < -0.3 is 31.5 Å². The summed E-state index contributed by atoms with van der Waals surface area (Å²) in [5, 5.41) is 17.7. The summed E-state index contributed by atoms with van der Waals surface area (Å²) in [5.41, 5.74) is 13.8. The Labute approximate surface area is 208 Å². The van der Waals surface area contributed by atoms with Crippen molar-refractivity contribution in [3.63, 3.8) is 0 Å². The Morgan fingerprint density at radius 1 is 0.944 bits per heavy atom. The van der Waals surface area contributed by atoms with Gasteiger partial charge in [0.05, 0.1) is 5.69 Å². The number of hydrogen-bond acceptors (Lipinski definition) is 4. The average Bonchev–Trinajstić information content (AvgIpc) is 2.86. The maximum Gasteiger partial charge on any atom is 0.255 e. The van der Waals surface area contributed by atoms with Crippen molar-refractivity contribution in [2.24, 2.45) is 11.5 Å². The number of rotatable bonds is 4. The maximum absolute atomic E-state index is 15.0. The van der Waals surface area contributed by atoms with Crippen molar-refractivity contribution in [3.05, 3.63) is 64.7 Å². The number of nitrogens with zero attached hydrogens (tertiary/aromatic N) is 3. The molecular weight excluding hydrogens is 466 g/mol. The van der Waals surface area contributed by atoms with Crippen LogP contribution in [0.3, 0.4) is 0 Å². The molecule has 0 radical (unpaired) electrons. The van der Waals surface area contributed by atoms with Gasteiger partial charge in [-0.1, -0.05) is 6.08 Å². The number of carbonyl (C=O) groups excluding carboxylic acids is 1. The van der Waals surface area contributed by atoms with E-state index < -0.39 is 17.5 Å². The third-order valence-corrected chi connectivity index (χ3v) is 6.63. The number of nitrogens with one attached hydrogen (secondary N) is 3. The van der Waals surface area contributed by atoms with Crippen molar-refractivity contribution < 1.29 is 13.6 Å². The molecule has 0 atom stereocenters. The number of amides is 1. The van der Waals surface area contributed by atoms with Gasteiger partial charge in [-0.3, -0.25) is 15.6 Å². The van der Waals surface area contributed by atoms with Gasteiger partial charge in [0.15, 0.2) is 11.9 Å². The summed E-state index contributed by atoms with van der Waals surface area (Å²) in [6.07, 6.45) is 2.41. The number of carbonyl (C=O) groups is 1. The highest BCUT2D eigenvalue weighted by molar-refractivity contribution is 6.05. The number of aryl methyl sites for hydroxylation is 1. The molecule has 36 heavy (non-hydrogen) atoms. The summed E-state index contributed by atoms with van der Waals surface area (Å²) in [7, 11) is 0. The van der Waals surface area contributed by atoms with Gasteiger partial charge in [-0.2, -0.15) is 0 Å². The van der Waals surface area contributed by atoms with E-state index in [2.05, 4.69) is 5.32 Å². The lowest BCUT2D eigenvalue weighted by molar-refractivity contribution is 0.102. The number of piperazine rings is 1. The van der Waals surface area contributed by atoms with Gasteiger partial charge in [-0.15, -0.1) is 0 Å². The minimum atomic E-state index is -0.536. The van der Waals surface area contributed by atoms with Crippen LogP contribution in [0.5, 0.6) is 0 Å². The number of hydrogen-bond donors (Lipinski definition) is 5. The van der Waals surface area contributed by atoms with E-state index in [-0.39, 0.29) is 17.5 Å². The summed E-state index contributed by atoms with van der Waals surface area (Å²) in [6, 6.07) is 7.24. The van der Waals surface area contributed by atoms with Crippen molar-refractivity contribution in [3.8, 4) is 0 Å². The fourth-order valence-electron chi connectivity index (χ4n) is 4.48. The first kappa shape index (κ1) is 25.0. The first-order valence-electron chi connectivity index (χ1n) is 11.7. The SMILES string of the molecule is Cc1cc(C2=CCN(C(=N)N)CC2)c(F)cc1NC(=O)c1ccc(N2CCN(C(=N)N)CC2)c(F)c1. The smallest absolute Gasteiger partial charge is 0.255 e. The number of guanidine groups is 2. The zero-order valence-corrected chi connectivity index (χ0v) is 20.1. The lowest BCUT2D eigenvalue weighted by atomic mass is 9.96. The summed E-state index contributed by atoms with van der Waals surface area (Å²) in [5.74, 6) is -1.55. The third kappa shape index (κ3) is 5.24. The summed E-state index contributed by atoms with van der Waals surface area (Å²) in [4.78, 5) is 18.1. The first-order valence-corrected chi connectivity index (χ1v) is 11.7. The molecule has 0 aromatic heterocycles. The molecule has 0 saturated carbocycles. The van der Waals surface area contributed by atoms with Gasteiger partial charge in [-0.25, -0.2) is 8.78 Å². The minimum Gasteiger partial charge on any atom is -0.370 e. The molecule has 2 heterocycles. The molecule has 2 aliphatic heterocycles. The molecular formula is C25H30F2N8O. The van der Waals surface area contributed by atoms with Crippen LogP contribution in [0, 0.1) is 29.4 Å². The molecule has 2 aromatic carbocycles. The molecule has 1 amide bonds. The van der Waals surface area contributed by atoms with Gasteiger partial charge in [-0.05, 0) is 54.8 Å². The molecule has 11 heteroatoms. The molecule has 7 N–H and O–H groups in total. The van der Waals surface area contributed by atoms with E-state index in [4.69, 9.17) is 22.3 Å². The molecule has 4 rings (SSSR count). The molecule has 1 saturated heterocycles. The molecule has 0 unspecified atom stereocenters. The third-order valence-electron chi connectivity index (χ3n) is 6.63. The fourth-order valence-corrected chi connectivity index (χ4v) is 4.48.